The van der Waals surface area contributed by atoms with E-state index in [1.165, 1.54) is 10.9 Å². The maximum atomic E-state index is 11.0. The fourth-order valence-electron chi connectivity index (χ4n) is 1.70. The second-order valence-corrected chi connectivity index (χ2v) is 4.38. The van der Waals surface area contributed by atoms with Crippen molar-refractivity contribution in [2.75, 3.05) is 0 Å². The highest BCUT2D eigenvalue weighted by Crippen LogP contribution is 2.23. The quantitative estimate of drug-likeness (QED) is 0.769. The molecule has 0 radical (unpaired) electrons. The molecule has 1 aromatic carbocycles. The first-order valence-electron chi connectivity index (χ1n) is 5.58. The summed E-state index contributed by atoms with van der Waals surface area (Å²) in [5.41, 5.74) is 1.58. The van der Waals surface area contributed by atoms with Gasteiger partial charge in [0.1, 0.15) is 5.69 Å². The van der Waals surface area contributed by atoms with Gasteiger partial charge in [-0.25, -0.2) is 0 Å². The molecule has 6 heteroatoms. The third-order valence-corrected chi connectivity index (χ3v) is 2.80. The van der Waals surface area contributed by atoms with Crippen LogP contribution in [0.15, 0.2) is 30.5 Å². The number of aliphatic carboxylic acids is 1. The van der Waals surface area contributed by atoms with Crippen molar-refractivity contribution in [3.63, 3.8) is 0 Å². The molecule has 0 fully saturated rings. The fourth-order valence-corrected chi connectivity index (χ4v) is 1.89. The van der Waals surface area contributed by atoms with Gasteiger partial charge in [0.2, 0.25) is 0 Å². The van der Waals surface area contributed by atoms with Crippen molar-refractivity contribution in [1.82, 2.24) is 9.78 Å². The van der Waals surface area contributed by atoms with Gasteiger partial charge in [-0.3, -0.25) is 9.48 Å². The molecular formula is C13H10ClN2O3-. The van der Waals surface area contributed by atoms with E-state index >= 15 is 0 Å². The molecule has 1 heterocycles. The number of aldehydes is 1. The van der Waals surface area contributed by atoms with Crippen molar-refractivity contribution in [3.05, 3.63) is 41.0 Å². The van der Waals surface area contributed by atoms with Crippen molar-refractivity contribution in [3.8, 4) is 11.3 Å². The molecule has 1 aromatic heterocycles. The lowest BCUT2D eigenvalue weighted by atomic mass is 10.1. The molecule has 0 unspecified atom stereocenters. The van der Waals surface area contributed by atoms with Gasteiger partial charge in [-0.2, -0.15) is 5.10 Å². The Bertz CT molecular complexity index is 622. The molecule has 0 spiro atoms. The van der Waals surface area contributed by atoms with Crippen LogP contribution in [0.2, 0.25) is 5.02 Å². The second-order valence-electron chi connectivity index (χ2n) is 3.95. The molecule has 2 rings (SSSR count). The largest absolute Gasteiger partial charge is 0.550 e. The summed E-state index contributed by atoms with van der Waals surface area (Å²) in [7, 11) is 0. The van der Waals surface area contributed by atoms with Gasteiger partial charge in [-0.15, -0.1) is 0 Å². The van der Waals surface area contributed by atoms with E-state index in [1.54, 1.807) is 24.3 Å². The van der Waals surface area contributed by atoms with Crippen LogP contribution < -0.4 is 5.11 Å². The molecule has 0 atom stereocenters. The van der Waals surface area contributed by atoms with Crippen LogP contribution in [0.4, 0.5) is 0 Å². The Morgan fingerprint density at radius 2 is 2.26 bits per heavy atom. The fraction of sp³-hybridized carbons (Fsp3) is 0.154. The summed E-state index contributed by atoms with van der Waals surface area (Å²) >= 11 is 5.89. The van der Waals surface area contributed by atoms with Crippen molar-refractivity contribution >= 4 is 23.9 Å². The van der Waals surface area contributed by atoms with E-state index in [9.17, 15) is 14.7 Å². The van der Waals surface area contributed by atoms with Crippen LogP contribution in [0.25, 0.3) is 11.3 Å². The molecule has 0 saturated heterocycles. The number of hydrogen-bond acceptors (Lipinski definition) is 4. The molecule has 5 nitrogen and oxygen atoms in total. The number of carboxylic acid groups (broad SMARTS) is 1. The minimum absolute atomic E-state index is 0.156. The lowest BCUT2D eigenvalue weighted by molar-refractivity contribution is -0.306. The van der Waals surface area contributed by atoms with Gasteiger partial charge in [-0.1, -0.05) is 23.7 Å². The number of carbonyl (C=O) groups excluding carboxylic acids is 2. The van der Waals surface area contributed by atoms with Crippen molar-refractivity contribution in [2.45, 2.75) is 13.0 Å². The summed E-state index contributed by atoms with van der Waals surface area (Å²) in [5.74, 6) is -1.16. The van der Waals surface area contributed by atoms with E-state index < -0.39 is 5.97 Å². The van der Waals surface area contributed by atoms with Crippen LogP contribution in [-0.2, 0) is 11.3 Å². The number of aromatic nitrogens is 2. The SMILES string of the molecule is O=Cc1cn(CCC(=O)[O-])nc1-c1cccc(Cl)c1. The maximum Gasteiger partial charge on any atom is 0.153 e. The zero-order valence-corrected chi connectivity index (χ0v) is 10.6. The van der Waals surface area contributed by atoms with Crippen LogP contribution in [0, 0.1) is 0 Å². The highest BCUT2D eigenvalue weighted by Gasteiger charge is 2.10. The van der Waals surface area contributed by atoms with Gasteiger partial charge in [0, 0.05) is 35.7 Å². The summed E-state index contributed by atoms with van der Waals surface area (Å²) in [6, 6.07) is 6.95. The number of hydrogen-bond donors (Lipinski definition) is 0. The van der Waals surface area contributed by atoms with E-state index in [0.717, 1.165) is 0 Å². The van der Waals surface area contributed by atoms with E-state index in [0.29, 0.717) is 28.1 Å². The highest BCUT2D eigenvalue weighted by molar-refractivity contribution is 6.30. The van der Waals surface area contributed by atoms with E-state index in [1.807, 2.05) is 0 Å². The topological polar surface area (TPSA) is 75.0 Å². The minimum Gasteiger partial charge on any atom is -0.550 e. The molecule has 19 heavy (non-hydrogen) atoms. The van der Waals surface area contributed by atoms with Crippen molar-refractivity contribution < 1.29 is 14.7 Å². The van der Waals surface area contributed by atoms with Crippen LogP contribution in [0.3, 0.4) is 0 Å². The first kappa shape index (κ1) is 13.3. The van der Waals surface area contributed by atoms with Gasteiger partial charge in [0.25, 0.3) is 0 Å². The standard InChI is InChI=1S/C13H11ClN2O3/c14-11-3-1-2-9(6-11)13-10(8-17)7-16(15-13)5-4-12(18)19/h1-3,6-8H,4-5H2,(H,18,19)/p-1. The molecule has 0 aliphatic heterocycles. The van der Waals surface area contributed by atoms with E-state index in [2.05, 4.69) is 5.10 Å². The number of rotatable bonds is 5. The van der Waals surface area contributed by atoms with Gasteiger partial charge in [0.05, 0.1) is 5.56 Å². The summed E-state index contributed by atoms with van der Waals surface area (Å²) in [5, 5.41) is 15.1. The Morgan fingerprint density at radius 1 is 1.47 bits per heavy atom. The predicted octanol–water partition coefficient (Wildman–Crippen LogP) is 1.16. The van der Waals surface area contributed by atoms with Crippen molar-refractivity contribution in [1.29, 1.82) is 0 Å². The van der Waals surface area contributed by atoms with Crippen LogP contribution in [0.5, 0.6) is 0 Å². The average Bonchev–Trinajstić information content (AvgIpc) is 2.79. The molecule has 0 N–H and O–H groups in total. The Balaban J connectivity index is 2.34. The summed E-state index contributed by atoms with van der Waals surface area (Å²) in [6.45, 7) is 0.156. The van der Waals surface area contributed by atoms with Crippen LogP contribution in [-0.4, -0.2) is 22.0 Å². The number of carbonyl (C=O) groups is 2. The van der Waals surface area contributed by atoms with Gasteiger partial charge in [-0.05, 0) is 12.1 Å². The normalized spacial score (nSPS) is 10.4. The number of aryl methyl sites for hydroxylation is 1. The summed E-state index contributed by atoms with van der Waals surface area (Å²) in [6.07, 6.45) is 2.03. The van der Waals surface area contributed by atoms with Crippen LogP contribution in [0.1, 0.15) is 16.8 Å². The minimum atomic E-state index is -1.16. The zero-order chi connectivity index (χ0) is 13.8. The molecule has 98 valence electrons. The highest BCUT2D eigenvalue weighted by atomic mass is 35.5. The molecular weight excluding hydrogens is 268 g/mol. The smallest absolute Gasteiger partial charge is 0.153 e. The lowest BCUT2D eigenvalue weighted by Crippen LogP contribution is -2.23. The average molecular weight is 278 g/mol. The van der Waals surface area contributed by atoms with Gasteiger partial charge < -0.3 is 9.90 Å². The second kappa shape index (κ2) is 5.67. The van der Waals surface area contributed by atoms with Crippen LogP contribution >= 0.6 is 11.6 Å². The molecule has 0 aliphatic rings. The third kappa shape index (κ3) is 3.20. The first-order chi connectivity index (χ1) is 9.10. The number of benzene rings is 1. The summed E-state index contributed by atoms with van der Waals surface area (Å²) in [4.78, 5) is 21.4. The number of halogens is 1. The maximum absolute atomic E-state index is 11.0. The number of nitrogens with zero attached hydrogens (tertiary/aromatic N) is 2. The zero-order valence-electron chi connectivity index (χ0n) is 9.88. The molecule has 0 saturated carbocycles. The Morgan fingerprint density at radius 3 is 2.89 bits per heavy atom. The Kier molecular flexibility index (Phi) is 3.97. The monoisotopic (exact) mass is 277 g/mol. The molecule has 0 aliphatic carbocycles. The van der Waals surface area contributed by atoms with E-state index in [-0.39, 0.29) is 13.0 Å². The molecule has 2 aromatic rings. The predicted molar refractivity (Wildman–Crippen MR) is 67.7 cm³/mol. The Hall–Kier alpha value is -2.14. The first-order valence-corrected chi connectivity index (χ1v) is 5.96. The summed E-state index contributed by atoms with van der Waals surface area (Å²) < 4.78 is 1.41. The van der Waals surface area contributed by atoms with E-state index in [4.69, 9.17) is 11.6 Å². The van der Waals surface area contributed by atoms with Gasteiger partial charge in [0.15, 0.2) is 6.29 Å². The van der Waals surface area contributed by atoms with Gasteiger partial charge >= 0.3 is 0 Å². The van der Waals surface area contributed by atoms with Crippen molar-refractivity contribution in [2.24, 2.45) is 0 Å². The third-order valence-electron chi connectivity index (χ3n) is 2.56. The molecule has 0 amide bonds. The Labute approximate surface area is 114 Å². The lowest BCUT2D eigenvalue weighted by Gasteiger charge is -2.02. The molecule has 0 bridgehead atoms. The number of carboxylic acids is 1.